The van der Waals surface area contributed by atoms with Gasteiger partial charge in [0.15, 0.2) is 0 Å². The minimum absolute atomic E-state index is 0.0195. The number of nitrogens with zero attached hydrogens (tertiary/aromatic N) is 3. The Morgan fingerprint density at radius 1 is 1.09 bits per heavy atom. The molecule has 2 atom stereocenters. The van der Waals surface area contributed by atoms with Crippen molar-refractivity contribution in [2.45, 2.75) is 33.4 Å². The number of ether oxygens (including phenoxy) is 1. The molecule has 1 aliphatic heterocycles. The van der Waals surface area contributed by atoms with Crippen LogP contribution in [0.2, 0.25) is 0 Å². The van der Waals surface area contributed by atoms with Gasteiger partial charge in [-0.3, -0.25) is 4.90 Å². The molecule has 6 nitrogen and oxygen atoms in total. The van der Waals surface area contributed by atoms with Gasteiger partial charge in [-0.15, -0.1) is 0 Å². The quantitative estimate of drug-likeness (QED) is 0.609. The number of aliphatic hydroxyl groups is 1. The first-order valence-corrected chi connectivity index (χ1v) is 11.1. The molecule has 1 amide bonds. The van der Waals surface area contributed by atoms with E-state index in [4.69, 9.17) is 9.72 Å². The van der Waals surface area contributed by atoms with Crippen LogP contribution in [-0.2, 0) is 11.3 Å². The number of carbonyl (C=O) groups is 1. The Morgan fingerprint density at radius 3 is 2.38 bits per heavy atom. The molecule has 32 heavy (non-hydrogen) atoms. The molecule has 0 bridgehead atoms. The number of hydrogen-bond donors (Lipinski definition) is 1. The normalized spacial score (nSPS) is 17.8. The third kappa shape index (κ3) is 4.70. The summed E-state index contributed by atoms with van der Waals surface area (Å²) in [5.74, 6) is 0.708. The molecule has 1 N–H and O–H groups in total. The largest absolute Gasteiger partial charge is 0.449 e. The maximum absolute atomic E-state index is 12.8. The summed E-state index contributed by atoms with van der Waals surface area (Å²) in [7, 11) is 0. The lowest BCUT2D eigenvalue weighted by Crippen LogP contribution is -2.50. The number of aliphatic hydroxyl groups excluding tert-OH is 1. The lowest BCUT2D eigenvalue weighted by molar-refractivity contribution is -0.0137. The van der Waals surface area contributed by atoms with Gasteiger partial charge in [0.2, 0.25) is 0 Å². The predicted molar refractivity (Wildman–Crippen MR) is 124 cm³/mol. The summed E-state index contributed by atoms with van der Waals surface area (Å²) in [6.07, 6.45) is 1.71. The third-order valence-electron chi connectivity index (χ3n) is 5.84. The highest BCUT2D eigenvalue weighted by molar-refractivity contribution is 5.69. The standard InChI is InChI=1S/C26H31N3O3/c1-26(2,3)23(29-15-20(17-30)18-32-25(29)31)24-27-22(21-12-8-5-9-13-21)16-28(24)14-19-10-6-4-7-11-19/h4-13,16,20,23,30H,14-15,17-18H2,1-3H3/t20?,23-/m0/s1. The number of amides is 1. The Morgan fingerprint density at radius 2 is 1.75 bits per heavy atom. The maximum atomic E-state index is 12.8. The average Bonchev–Trinajstić information content (AvgIpc) is 3.18. The van der Waals surface area contributed by atoms with Crippen LogP contribution in [0.1, 0.15) is 38.2 Å². The molecule has 168 valence electrons. The van der Waals surface area contributed by atoms with Crippen LogP contribution in [0.5, 0.6) is 0 Å². The van der Waals surface area contributed by atoms with Gasteiger partial charge in [-0.1, -0.05) is 81.4 Å². The number of cyclic esters (lactones) is 1. The Balaban J connectivity index is 1.81. The van der Waals surface area contributed by atoms with Crippen LogP contribution in [0.25, 0.3) is 11.3 Å². The van der Waals surface area contributed by atoms with Crippen LogP contribution in [0.3, 0.4) is 0 Å². The van der Waals surface area contributed by atoms with E-state index in [1.165, 1.54) is 0 Å². The summed E-state index contributed by atoms with van der Waals surface area (Å²) >= 11 is 0. The molecule has 1 aromatic heterocycles. The van der Waals surface area contributed by atoms with Crippen LogP contribution in [0, 0.1) is 11.3 Å². The van der Waals surface area contributed by atoms with Crippen LogP contribution >= 0.6 is 0 Å². The van der Waals surface area contributed by atoms with Crippen LogP contribution < -0.4 is 0 Å². The van der Waals surface area contributed by atoms with E-state index in [1.807, 2.05) is 48.5 Å². The molecule has 6 heteroatoms. The van der Waals surface area contributed by atoms with Crippen molar-refractivity contribution in [1.29, 1.82) is 0 Å². The number of benzene rings is 2. The Kier molecular flexibility index (Phi) is 6.33. The zero-order chi connectivity index (χ0) is 22.7. The van der Waals surface area contributed by atoms with Gasteiger partial charge < -0.3 is 14.4 Å². The van der Waals surface area contributed by atoms with Gasteiger partial charge in [0.1, 0.15) is 5.82 Å². The first-order valence-electron chi connectivity index (χ1n) is 11.1. The number of hydrogen-bond acceptors (Lipinski definition) is 4. The summed E-state index contributed by atoms with van der Waals surface area (Å²) < 4.78 is 7.57. The average molecular weight is 434 g/mol. The molecule has 1 aliphatic rings. The van der Waals surface area contributed by atoms with Gasteiger partial charge in [0.05, 0.1) is 24.9 Å². The summed E-state index contributed by atoms with van der Waals surface area (Å²) in [4.78, 5) is 19.6. The fraction of sp³-hybridized carbons (Fsp3) is 0.385. The second-order valence-corrected chi connectivity index (χ2v) is 9.51. The topological polar surface area (TPSA) is 67.6 Å². The highest BCUT2D eigenvalue weighted by atomic mass is 16.6. The van der Waals surface area contributed by atoms with Gasteiger partial charge in [-0.25, -0.2) is 9.78 Å². The second-order valence-electron chi connectivity index (χ2n) is 9.51. The Labute approximate surface area is 189 Å². The van der Waals surface area contributed by atoms with Crippen LogP contribution in [0.15, 0.2) is 66.9 Å². The predicted octanol–water partition coefficient (Wildman–Crippen LogP) is 4.75. The van der Waals surface area contributed by atoms with Crippen molar-refractivity contribution in [2.75, 3.05) is 19.8 Å². The Hall–Kier alpha value is -3.12. The molecule has 4 rings (SSSR count). The fourth-order valence-electron chi connectivity index (χ4n) is 4.30. The number of rotatable bonds is 6. The van der Waals surface area contributed by atoms with E-state index in [-0.39, 0.29) is 36.7 Å². The van der Waals surface area contributed by atoms with Crippen molar-refractivity contribution in [1.82, 2.24) is 14.5 Å². The summed E-state index contributed by atoms with van der Waals surface area (Å²) in [5, 5.41) is 9.71. The molecular formula is C26H31N3O3. The van der Waals surface area contributed by atoms with E-state index in [0.29, 0.717) is 13.1 Å². The van der Waals surface area contributed by atoms with E-state index in [0.717, 1.165) is 22.6 Å². The van der Waals surface area contributed by atoms with Crippen LogP contribution in [0.4, 0.5) is 4.79 Å². The summed E-state index contributed by atoms with van der Waals surface area (Å²) in [5.41, 5.74) is 2.76. The molecule has 1 fully saturated rings. The maximum Gasteiger partial charge on any atom is 0.410 e. The van der Waals surface area contributed by atoms with Gasteiger partial charge in [-0.2, -0.15) is 0 Å². The van der Waals surface area contributed by atoms with Crippen molar-refractivity contribution >= 4 is 6.09 Å². The highest BCUT2D eigenvalue weighted by Crippen LogP contribution is 2.40. The van der Waals surface area contributed by atoms with Crippen molar-refractivity contribution in [3.63, 3.8) is 0 Å². The first kappa shape index (κ1) is 22.1. The molecule has 2 aromatic carbocycles. The van der Waals surface area contributed by atoms with E-state index < -0.39 is 0 Å². The fourth-order valence-corrected chi connectivity index (χ4v) is 4.30. The zero-order valence-corrected chi connectivity index (χ0v) is 18.9. The SMILES string of the molecule is CC(C)(C)[C@H](c1nc(-c2ccccc2)cn1Cc1ccccc1)N1CC(CO)COC1=O. The van der Waals surface area contributed by atoms with Gasteiger partial charge in [0.25, 0.3) is 0 Å². The molecule has 1 unspecified atom stereocenters. The molecule has 0 radical (unpaired) electrons. The first-order chi connectivity index (χ1) is 15.4. The van der Waals surface area contributed by atoms with Crippen molar-refractivity contribution in [2.24, 2.45) is 11.3 Å². The number of aromatic nitrogens is 2. The van der Waals surface area contributed by atoms with Crippen molar-refractivity contribution in [3.8, 4) is 11.3 Å². The number of imidazole rings is 1. The van der Waals surface area contributed by atoms with E-state index in [2.05, 4.69) is 43.7 Å². The minimum atomic E-state index is -0.356. The smallest absolute Gasteiger partial charge is 0.410 e. The van der Waals surface area contributed by atoms with Gasteiger partial charge >= 0.3 is 6.09 Å². The summed E-state index contributed by atoms with van der Waals surface area (Å²) in [6.45, 7) is 7.64. The van der Waals surface area contributed by atoms with E-state index in [9.17, 15) is 9.90 Å². The van der Waals surface area contributed by atoms with Crippen molar-refractivity contribution < 1.29 is 14.6 Å². The number of carbonyl (C=O) groups excluding carboxylic acids is 1. The molecule has 1 saturated heterocycles. The molecular weight excluding hydrogens is 402 g/mol. The van der Waals surface area contributed by atoms with E-state index in [1.54, 1.807) is 4.90 Å². The highest BCUT2D eigenvalue weighted by Gasteiger charge is 2.42. The Bertz CT molecular complexity index is 1040. The zero-order valence-electron chi connectivity index (χ0n) is 18.9. The monoisotopic (exact) mass is 433 g/mol. The third-order valence-corrected chi connectivity index (χ3v) is 5.84. The molecule has 0 aliphatic carbocycles. The second kappa shape index (κ2) is 9.17. The lowest BCUT2D eigenvalue weighted by Gasteiger charge is -2.42. The molecule has 2 heterocycles. The molecule has 3 aromatic rings. The molecule has 0 saturated carbocycles. The van der Waals surface area contributed by atoms with Crippen LogP contribution in [-0.4, -0.2) is 45.4 Å². The minimum Gasteiger partial charge on any atom is -0.449 e. The molecule has 0 spiro atoms. The van der Waals surface area contributed by atoms with Gasteiger partial charge in [-0.05, 0) is 11.0 Å². The summed E-state index contributed by atoms with van der Waals surface area (Å²) in [6, 6.07) is 20.0. The van der Waals surface area contributed by atoms with Gasteiger partial charge in [0, 0.05) is 30.8 Å². The van der Waals surface area contributed by atoms with E-state index >= 15 is 0 Å². The van der Waals surface area contributed by atoms with Crippen molar-refractivity contribution in [3.05, 3.63) is 78.2 Å². The lowest BCUT2D eigenvalue weighted by atomic mass is 9.84.